The van der Waals surface area contributed by atoms with E-state index < -0.39 is 31.7 Å². The van der Waals surface area contributed by atoms with Gasteiger partial charge in [0.2, 0.25) is 0 Å². The Bertz CT molecular complexity index is 789. The number of rotatable bonds is 4. The van der Waals surface area contributed by atoms with Crippen molar-refractivity contribution >= 4 is 20.3 Å². The van der Waals surface area contributed by atoms with Crippen molar-refractivity contribution < 1.29 is 18.8 Å². The molecule has 0 N–H and O–H groups in total. The van der Waals surface area contributed by atoms with Gasteiger partial charge in [0.25, 0.3) is 5.91 Å². The van der Waals surface area contributed by atoms with Crippen molar-refractivity contribution in [3.05, 3.63) is 48.0 Å². The first-order valence-corrected chi connectivity index (χ1v) is 13.0. The van der Waals surface area contributed by atoms with Crippen LogP contribution in [0.3, 0.4) is 0 Å². The summed E-state index contributed by atoms with van der Waals surface area (Å²) in [6.07, 6.45) is 2.54. The zero-order valence-corrected chi connectivity index (χ0v) is 20.2. The average molecular weight is 418 g/mol. The van der Waals surface area contributed by atoms with Gasteiger partial charge in [0.05, 0.1) is 6.04 Å². The van der Waals surface area contributed by atoms with Gasteiger partial charge in [0, 0.05) is 6.08 Å². The molecule has 0 bridgehead atoms. The molecule has 1 aromatic carbocycles. The van der Waals surface area contributed by atoms with E-state index in [1.807, 2.05) is 37.3 Å². The van der Waals surface area contributed by atoms with Gasteiger partial charge in [-0.3, -0.25) is 4.79 Å². The van der Waals surface area contributed by atoms with Crippen LogP contribution in [0.1, 0.15) is 54.0 Å². The number of carbonyl (C=O) groups excluding carboxylic acids is 2. The first-order chi connectivity index (χ1) is 13.1. The lowest BCUT2D eigenvalue weighted by atomic mass is 9.88. The lowest BCUT2D eigenvalue weighted by Crippen LogP contribution is -2.57. The molecule has 1 aromatic rings. The van der Waals surface area contributed by atoms with Crippen LogP contribution in [0.2, 0.25) is 18.1 Å². The second-order valence-corrected chi connectivity index (χ2v) is 15.1. The summed E-state index contributed by atoms with van der Waals surface area (Å²) in [5.41, 5.74) is -0.680. The molecule has 160 valence electrons. The smallest absolute Gasteiger partial charge is 0.417 e. The van der Waals surface area contributed by atoms with Crippen molar-refractivity contribution in [2.75, 3.05) is 0 Å². The van der Waals surface area contributed by atoms with E-state index >= 15 is 0 Å². The third kappa shape index (κ3) is 4.98. The highest BCUT2D eigenvalue weighted by molar-refractivity contribution is 6.74. The molecule has 1 aliphatic rings. The van der Waals surface area contributed by atoms with E-state index in [1.54, 1.807) is 26.8 Å². The van der Waals surface area contributed by atoms with Crippen LogP contribution in [0.5, 0.6) is 0 Å². The Morgan fingerprint density at radius 3 is 2.03 bits per heavy atom. The maximum atomic E-state index is 12.9. The van der Waals surface area contributed by atoms with E-state index in [4.69, 9.17) is 9.16 Å². The van der Waals surface area contributed by atoms with Gasteiger partial charge in [-0.2, -0.15) is 0 Å². The fourth-order valence-electron chi connectivity index (χ4n) is 3.16. The second kappa shape index (κ2) is 7.72. The van der Waals surface area contributed by atoms with E-state index in [0.717, 1.165) is 5.56 Å². The SMILES string of the molecule is CC(C)(C)OC(=O)N1C(=O)C=C[C@H]1[C@](C)(O[Si](C)(C)C(C)(C)C)c1ccccc1. The van der Waals surface area contributed by atoms with Crippen LogP contribution in [0.15, 0.2) is 42.5 Å². The molecule has 6 heteroatoms. The molecule has 0 radical (unpaired) electrons. The normalized spacial score (nSPS) is 20.0. The van der Waals surface area contributed by atoms with E-state index in [1.165, 1.54) is 11.0 Å². The highest BCUT2D eigenvalue weighted by Crippen LogP contribution is 2.45. The zero-order valence-electron chi connectivity index (χ0n) is 19.2. The number of ether oxygens (including phenoxy) is 1. The minimum Gasteiger partial charge on any atom is -0.443 e. The van der Waals surface area contributed by atoms with Crippen molar-refractivity contribution in [2.24, 2.45) is 0 Å². The fourth-order valence-corrected chi connectivity index (χ4v) is 4.77. The number of hydrogen-bond donors (Lipinski definition) is 0. The van der Waals surface area contributed by atoms with Gasteiger partial charge in [0.1, 0.15) is 11.2 Å². The molecule has 0 saturated carbocycles. The summed E-state index contributed by atoms with van der Waals surface area (Å²) in [5.74, 6) is -0.384. The van der Waals surface area contributed by atoms with E-state index in [9.17, 15) is 9.59 Å². The maximum Gasteiger partial charge on any atom is 0.417 e. The average Bonchev–Trinajstić information content (AvgIpc) is 2.95. The van der Waals surface area contributed by atoms with Crippen LogP contribution in [0, 0.1) is 0 Å². The molecule has 0 unspecified atom stereocenters. The van der Waals surface area contributed by atoms with Gasteiger partial charge in [-0.1, -0.05) is 57.2 Å². The first kappa shape index (κ1) is 23.4. The number of nitrogens with zero attached hydrogens (tertiary/aromatic N) is 1. The molecule has 0 spiro atoms. The maximum absolute atomic E-state index is 12.9. The molecular weight excluding hydrogens is 382 g/mol. The molecule has 1 heterocycles. The van der Waals surface area contributed by atoms with Crippen molar-refractivity contribution in [3.63, 3.8) is 0 Å². The zero-order chi connectivity index (χ0) is 22.3. The van der Waals surface area contributed by atoms with Crippen molar-refractivity contribution in [3.8, 4) is 0 Å². The van der Waals surface area contributed by atoms with E-state index in [2.05, 4.69) is 33.9 Å². The standard InChI is InChI=1S/C23H35NO4Si/c1-21(2,3)27-20(26)24-18(15-16-19(24)25)23(7,17-13-11-10-12-14-17)28-29(8,9)22(4,5)6/h10-16,18H,1-9H3/t18-,23+/m0/s1. The number of carbonyl (C=O) groups is 2. The highest BCUT2D eigenvalue weighted by Gasteiger charge is 2.52. The summed E-state index contributed by atoms with van der Waals surface area (Å²) in [5, 5.41) is -0.0356. The van der Waals surface area contributed by atoms with Crippen LogP contribution >= 0.6 is 0 Å². The molecule has 0 aromatic heterocycles. The summed E-state index contributed by atoms with van der Waals surface area (Å²) in [6.45, 7) is 18.2. The Hall–Kier alpha value is -1.92. The quantitative estimate of drug-likeness (QED) is 0.596. The van der Waals surface area contributed by atoms with Gasteiger partial charge in [-0.05, 0) is 51.4 Å². The Labute approximate surface area is 176 Å². The molecule has 1 aliphatic heterocycles. The second-order valence-electron chi connectivity index (χ2n) is 10.3. The summed E-state index contributed by atoms with van der Waals surface area (Å²) >= 11 is 0. The Morgan fingerprint density at radius 2 is 1.55 bits per heavy atom. The summed E-state index contributed by atoms with van der Waals surface area (Å²) in [4.78, 5) is 26.8. The third-order valence-electron chi connectivity index (χ3n) is 5.71. The molecule has 2 amide bonds. The number of amides is 2. The van der Waals surface area contributed by atoms with Crippen LogP contribution < -0.4 is 0 Å². The van der Waals surface area contributed by atoms with Crippen LogP contribution in [0.4, 0.5) is 4.79 Å². The minimum absolute atomic E-state index is 0.0356. The summed E-state index contributed by atoms with van der Waals surface area (Å²) in [6, 6.07) is 9.20. The third-order valence-corrected chi connectivity index (χ3v) is 10.3. The number of hydrogen-bond acceptors (Lipinski definition) is 4. The number of benzene rings is 1. The van der Waals surface area contributed by atoms with Crippen molar-refractivity contribution in [1.29, 1.82) is 0 Å². The summed E-state index contributed by atoms with van der Waals surface area (Å²) in [7, 11) is -2.25. The molecule has 0 aliphatic carbocycles. The van der Waals surface area contributed by atoms with Gasteiger partial charge in [-0.15, -0.1) is 0 Å². The van der Waals surface area contributed by atoms with Crippen LogP contribution in [-0.2, 0) is 19.6 Å². The Balaban J connectivity index is 2.55. The van der Waals surface area contributed by atoms with Gasteiger partial charge in [-0.25, -0.2) is 9.69 Å². The van der Waals surface area contributed by atoms with Crippen LogP contribution in [-0.4, -0.2) is 36.9 Å². The predicted molar refractivity (Wildman–Crippen MR) is 118 cm³/mol. The van der Waals surface area contributed by atoms with Crippen molar-refractivity contribution in [2.45, 2.75) is 83.8 Å². The van der Waals surface area contributed by atoms with Gasteiger partial charge >= 0.3 is 6.09 Å². The molecule has 2 atom stereocenters. The molecule has 29 heavy (non-hydrogen) atoms. The minimum atomic E-state index is -2.25. The topological polar surface area (TPSA) is 55.8 Å². The Kier molecular flexibility index (Phi) is 6.22. The highest BCUT2D eigenvalue weighted by atomic mass is 28.4. The number of imide groups is 1. The van der Waals surface area contributed by atoms with Crippen molar-refractivity contribution in [1.82, 2.24) is 4.90 Å². The van der Waals surface area contributed by atoms with Crippen LogP contribution in [0.25, 0.3) is 0 Å². The lowest BCUT2D eigenvalue weighted by molar-refractivity contribution is -0.129. The Morgan fingerprint density at radius 1 is 1.00 bits per heavy atom. The van der Waals surface area contributed by atoms with Gasteiger partial charge in [0.15, 0.2) is 8.32 Å². The summed E-state index contributed by atoms with van der Waals surface area (Å²) < 4.78 is 12.4. The van der Waals surface area contributed by atoms with Gasteiger partial charge < -0.3 is 9.16 Å². The predicted octanol–water partition coefficient (Wildman–Crippen LogP) is 5.63. The molecular formula is C23H35NO4Si. The molecule has 2 rings (SSSR count). The lowest BCUT2D eigenvalue weighted by Gasteiger charge is -2.48. The molecule has 0 fully saturated rings. The van der Waals surface area contributed by atoms with E-state index in [-0.39, 0.29) is 10.9 Å². The molecule has 0 saturated heterocycles. The fraction of sp³-hybridized carbons (Fsp3) is 0.565. The molecule has 5 nitrogen and oxygen atoms in total. The monoisotopic (exact) mass is 417 g/mol. The largest absolute Gasteiger partial charge is 0.443 e. The van der Waals surface area contributed by atoms with E-state index in [0.29, 0.717) is 0 Å². The first-order valence-electron chi connectivity index (χ1n) is 10.1.